The van der Waals surface area contributed by atoms with E-state index in [0.717, 1.165) is 16.7 Å². The van der Waals surface area contributed by atoms with Crippen LogP contribution in [-0.4, -0.2) is 36.9 Å². The summed E-state index contributed by atoms with van der Waals surface area (Å²) in [5.74, 6) is 2.59. The van der Waals surface area contributed by atoms with Crippen LogP contribution < -0.4 is 19.5 Å². The number of ether oxygens (including phenoxy) is 3. The number of nitrogens with zero attached hydrogens (tertiary/aromatic N) is 2. The average Bonchev–Trinajstić information content (AvgIpc) is 3.37. The van der Waals surface area contributed by atoms with E-state index in [4.69, 9.17) is 18.7 Å². The van der Waals surface area contributed by atoms with E-state index < -0.39 is 0 Å². The van der Waals surface area contributed by atoms with Crippen LogP contribution in [0.2, 0.25) is 0 Å². The smallest absolute Gasteiger partial charge is 0.258 e. The number of carbonyl (C=O) groups is 1. The molecule has 0 saturated carbocycles. The molecule has 8 nitrogen and oxygen atoms in total. The molecule has 4 aromatic rings. The fourth-order valence-corrected chi connectivity index (χ4v) is 3.15. The largest absolute Gasteiger partial charge is 0.497 e. The van der Waals surface area contributed by atoms with Gasteiger partial charge in [0.15, 0.2) is 6.61 Å². The van der Waals surface area contributed by atoms with Crippen molar-refractivity contribution in [3.8, 4) is 40.1 Å². The van der Waals surface area contributed by atoms with Gasteiger partial charge in [0.2, 0.25) is 5.82 Å². The number of hydrogen-bond donors (Lipinski definition) is 1. The van der Waals surface area contributed by atoms with Crippen LogP contribution in [0.15, 0.2) is 77.3 Å². The summed E-state index contributed by atoms with van der Waals surface area (Å²) in [5.41, 5.74) is 2.45. The van der Waals surface area contributed by atoms with Gasteiger partial charge in [-0.3, -0.25) is 4.79 Å². The van der Waals surface area contributed by atoms with E-state index in [-0.39, 0.29) is 12.5 Å². The van der Waals surface area contributed by atoms with E-state index in [1.165, 1.54) is 0 Å². The van der Waals surface area contributed by atoms with Crippen molar-refractivity contribution in [2.24, 2.45) is 0 Å². The van der Waals surface area contributed by atoms with Gasteiger partial charge in [-0.05, 0) is 42.5 Å². The highest BCUT2D eigenvalue weighted by molar-refractivity contribution is 5.77. The van der Waals surface area contributed by atoms with E-state index >= 15 is 0 Å². The average molecular weight is 445 g/mol. The van der Waals surface area contributed by atoms with Crippen LogP contribution in [-0.2, 0) is 11.3 Å². The van der Waals surface area contributed by atoms with Crippen molar-refractivity contribution >= 4 is 5.91 Å². The number of nitrogens with one attached hydrogen (secondary N) is 1. The molecule has 0 aliphatic heterocycles. The van der Waals surface area contributed by atoms with Gasteiger partial charge in [-0.15, -0.1) is 0 Å². The number of aromatic nitrogens is 2. The van der Waals surface area contributed by atoms with E-state index in [9.17, 15) is 4.79 Å². The monoisotopic (exact) mass is 445 g/mol. The normalized spacial score (nSPS) is 10.5. The SMILES string of the molecule is COc1ccc(OC)c(CNC(=O)COc2ccc(-c3nc(-c4ccccc4)no3)cc2)c1. The van der Waals surface area contributed by atoms with Gasteiger partial charge < -0.3 is 24.1 Å². The molecule has 4 rings (SSSR count). The summed E-state index contributed by atoms with van der Waals surface area (Å²) in [5, 5.41) is 6.84. The maximum Gasteiger partial charge on any atom is 0.258 e. The molecule has 0 fully saturated rings. The van der Waals surface area contributed by atoms with Gasteiger partial charge in [0.05, 0.1) is 14.2 Å². The molecule has 0 spiro atoms. The van der Waals surface area contributed by atoms with Gasteiger partial charge in [0.1, 0.15) is 17.2 Å². The van der Waals surface area contributed by atoms with Crippen LogP contribution in [0.1, 0.15) is 5.56 Å². The molecule has 0 saturated heterocycles. The molecular formula is C25H23N3O5. The zero-order valence-corrected chi connectivity index (χ0v) is 18.3. The lowest BCUT2D eigenvalue weighted by atomic mass is 10.2. The number of rotatable bonds is 9. The number of benzene rings is 3. The van der Waals surface area contributed by atoms with Crippen LogP contribution in [0.5, 0.6) is 17.2 Å². The lowest BCUT2D eigenvalue weighted by Gasteiger charge is -2.12. The summed E-state index contributed by atoms with van der Waals surface area (Å²) in [4.78, 5) is 16.7. The highest BCUT2D eigenvalue weighted by atomic mass is 16.5. The summed E-state index contributed by atoms with van der Waals surface area (Å²) in [6.07, 6.45) is 0. The van der Waals surface area contributed by atoms with Crippen molar-refractivity contribution < 1.29 is 23.5 Å². The molecule has 33 heavy (non-hydrogen) atoms. The third kappa shape index (κ3) is 5.48. The summed E-state index contributed by atoms with van der Waals surface area (Å²) >= 11 is 0. The molecule has 1 N–H and O–H groups in total. The highest BCUT2D eigenvalue weighted by Gasteiger charge is 2.11. The van der Waals surface area contributed by atoms with Gasteiger partial charge in [-0.1, -0.05) is 35.5 Å². The minimum absolute atomic E-state index is 0.121. The summed E-state index contributed by atoms with van der Waals surface area (Å²) in [7, 11) is 3.17. The first-order chi connectivity index (χ1) is 16.2. The predicted molar refractivity (Wildman–Crippen MR) is 122 cm³/mol. The number of methoxy groups -OCH3 is 2. The maximum atomic E-state index is 12.2. The van der Waals surface area contributed by atoms with Crippen molar-refractivity contribution in [1.82, 2.24) is 15.5 Å². The van der Waals surface area contributed by atoms with Crippen LogP contribution in [0.25, 0.3) is 22.8 Å². The van der Waals surface area contributed by atoms with Crippen LogP contribution >= 0.6 is 0 Å². The Bertz CT molecular complexity index is 1210. The fraction of sp³-hybridized carbons (Fsp3) is 0.160. The molecule has 0 bridgehead atoms. The zero-order valence-electron chi connectivity index (χ0n) is 18.3. The molecule has 0 radical (unpaired) electrons. The fourth-order valence-electron chi connectivity index (χ4n) is 3.15. The lowest BCUT2D eigenvalue weighted by Crippen LogP contribution is -2.28. The molecule has 1 heterocycles. The molecule has 1 amide bonds. The molecule has 8 heteroatoms. The predicted octanol–water partition coefficient (Wildman–Crippen LogP) is 4.12. The molecule has 0 aliphatic rings. The summed E-state index contributed by atoms with van der Waals surface area (Å²) < 4.78 is 21.5. The Morgan fingerprint density at radius 2 is 1.67 bits per heavy atom. The first kappa shape index (κ1) is 21.9. The van der Waals surface area contributed by atoms with Gasteiger partial charge in [0, 0.05) is 23.2 Å². The topological polar surface area (TPSA) is 95.7 Å². The second-order valence-electron chi connectivity index (χ2n) is 7.06. The molecule has 0 aliphatic carbocycles. The standard InChI is InChI=1S/C25H23N3O5/c1-30-21-12-13-22(31-2)19(14-21)15-26-23(29)16-32-20-10-8-18(9-11-20)25-27-24(28-33-25)17-6-4-3-5-7-17/h3-14H,15-16H2,1-2H3,(H,26,29). The lowest BCUT2D eigenvalue weighted by molar-refractivity contribution is -0.123. The van der Waals surface area contributed by atoms with E-state index in [0.29, 0.717) is 35.5 Å². The quantitative estimate of drug-likeness (QED) is 0.414. The van der Waals surface area contributed by atoms with Gasteiger partial charge in [-0.25, -0.2) is 0 Å². The van der Waals surface area contributed by atoms with Gasteiger partial charge >= 0.3 is 0 Å². The first-order valence-corrected chi connectivity index (χ1v) is 10.3. The second kappa shape index (κ2) is 10.3. The van der Waals surface area contributed by atoms with Crippen molar-refractivity contribution in [2.75, 3.05) is 20.8 Å². The second-order valence-corrected chi connectivity index (χ2v) is 7.06. The third-order valence-corrected chi connectivity index (χ3v) is 4.89. The van der Waals surface area contributed by atoms with Crippen LogP contribution in [0.4, 0.5) is 0 Å². The van der Waals surface area contributed by atoms with Crippen molar-refractivity contribution in [3.63, 3.8) is 0 Å². The Balaban J connectivity index is 1.31. The van der Waals surface area contributed by atoms with Crippen LogP contribution in [0, 0.1) is 0 Å². The molecule has 1 aromatic heterocycles. The Kier molecular flexibility index (Phi) is 6.84. The Morgan fingerprint density at radius 3 is 2.39 bits per heavy atom. The Morgan fingerprint density at radius 1 is 0.909 bits per heavy atom. The maximum absolute atomic E-state index is 12.2. The Hall–Kier alpha value is -4.33. The molecule has 0 atom stereocenters. The minimum atomic E-state index is -0.256. The van der Waals surface area contributed by atoms with Gasteiger partial charge in [0.25, 0.3) is 11.8 Å². The van der Waals surface area contributed by atoms with E-state index in [2.05, 4.69) is 15.5 Å². The van der Waals surface area contributed by atoms with Crippen LogP contribution in [0.3, 0.4) is 0 Å². The number of amides is 1. The first-order valence-electron chi connectivity index (χ1n) is 10.3. The molecule has 168 valence electrons. The van der Waals surface area contributed by atoms with E-state index in [1.54, 1.807) is 50.6 Å². The molecule has 3 aromatic carbocycles. The minimum Gasteiger partial charge on any atom is -0.497 e. The van der Waals surface area contributed by atoms with Crippen molar-refractivity contribution in [3.05, 3.63) is 78.4 Å². The van der Waals surface area contributed by atoms with E-state index in [1.807, 2.05) is 36.4 Å². The summed E-state index contributed by atoms with van der Waals surface area (Å²) in [6, 6.07) is 22.1. The molecule has 0 unspecified atom stereocenters. The number of carbonyl (C=O) groups excluding carboxylic acids is 1. The Labute approximate surface area is 191 Å². The zero-order chi connectivity index (χ0) is 23.0. The summed E-state index contributed by atoms with van der Waals surface area (Å²) in [6.45, 7) is 0.173. The number of hydrogen-bond acceptors (Lipinski definition) is 7. The van der Waals surface area contributed by atoms with Crippen molar-refractivity contribution in [2.45, 2.75) is 6.54 Å². The van der Waals surface area contributed by atoms with Gasteiger partial charge in [-0.2, -0.15) is 4.98 Å². The third-order valence-electron chi connectivity index (χ3n) is 4.89. The van der Waals surface area contributed by atoms with Crippen molar-refractivity contribution in [1.29, 1.82) is 0 Å². The highest BCUT2D eigenvalue weighted by Crippen LogP contribution is 2.25. The molecular weight excluding hydrogens is 422 g/mol.